The molecule has 0 saturated carbocycles. The van der Waals surface area contributed by atoms with Crippen molar-refractivity contribution in [2.75, 3.05) is 0 Å². The highest BCUT2D eigenvalue weighted by atomic mass is 127. The Bertz CT molecular complexity index is 523. The van der Waals surface area contributed by atoms with Gasteiger partial charge in [-0.15, -0.1) is 24.0 Å². The minimum absolute atomic E-state index is 0.110. The number of rotatable bonds is 1. The van der Waals surface area contributed by atoms with Crippen LogP contribution >= 0.6 is 46.6 Å². The number of nitrogens with zero attached hydrogens (tertiary/aromatic N) is 1. The highest BCUT2D eigenvalue weighted by molar-refractivity contribution is 14.1. The van der Waals surface area contributed by atoms with Crippen LogP contribution in [-0.4, -0.2) is 4.92 Å². The first-order chi connectivity index (χ1) is 6.59. The maximum Gasteiger partial charge on any atom is 0.300 e. The molecule has 0 N–H and O–H groups in total. The van der Waals surface area contributed by atoms with Crippen LogP contribution in [0, 0.1) is 13.0 Å². The number of fused-ring (bicyclic) bond motifs is 1. The minimum Gasteiger partial charge on any atom is -0.258 e. The van der Waals surface area contributed by atoms with Crippen LogP contribution < -0.4 is 0 Å². The van der Waals surface area contributed by atoms with Gasteiger partial charge in [0.25, 0.3) is 5.69 Å². The van der Waals surface area contributed by atoms with Gasteiger partial charge < -0.3 is 0 Å². The van der Waals surface area contributed by atoms with Crippen molar-refractivity contribution in [3.8, 4) is 0 Å². The van der Waals surface area contributed by atoms with Gasteiger partial charge in [-0.3, -0.25) is 10.1 Å². The van der Waals surface area contributed by atoms with Gasteiger partial charge in [-0.25, -0.2) is 0 Å². The molecule has 14 heavy (non-hydrogen) atoms. The quantitative estimate of drug-likeness (QED) is 0.373. The van der Waals surface area contributed by atoms with Crippen molar-refractivity contribution in [1.29, 1.82) is 0 Å². The smallest absolute Gasteiger partial charge is 0.258 e. The van der Waals surface area contributed by atoms with Gasteiger partial charge in [-0.1, -0.05) is 6.07 Å². The summed E-state index contributed by atoms with van der Waals surface area (Å²) in [5.41, 5.74) is 0.110. The molecule has 6 heteroatoms. The highest BCUT2D eigenvalue weighted by Gasteiger charge is 2.18. The molecule has 0 bridgehead atoms. The fraction of sp³-hybridized carbons (Fsp3) is 0. The summed E-state index contributed by atoms with van der Waals surface area (Å²) in [6.45, 7) is 0. The van der Waals surface area contributed by atoms with Gasteiger partial charge in [-0.2, -0.15) is 0 Å². The molecule has 0 aliphatic carbocycles. The summed E-state index contributed by atoms with van der Waals surface area (Å²) in [6, 6.07) is 5.44. The van der Waals surface area contributed by atoms with Crippen molar-refractivity contribution < 1.29 is 4.92 Å². The number of benzene rings is 1. The number of halogens is 1. The highest BCUT2D eigenvalue weighted by Crippen LogP contribution is 2.37. The molecule has 0 unspecified atom stereocenters. The van der Waals surface area contributed by atoms with Crippen LogP contribution in [0.2, 0.25) is 0 Å². The Kier molecular flexibility index (Phi) is 2.67. The standard InChI is InChI=1S/C8H4INO2S2/c9-6-3-4-1-2-5(13)7(10(11)12)8(4)14-6/h1-3,13H. The molecule has 1 aromatic heterocycles. The number of nitro groups is 1. The van der Waals surface area contributed by atoms with E-state index in [0.717, 1.165) is 8.27 Å². The number of thiophene rings is 1. The first-order valence-electron chi connectivity index (χ1n) is 3.65. The molecule has 1 heterocycles. The Labute approximate surface area is 103 Å². The van der Waals surface area contributed by atoms with Crippen molar-refractivity contribution in [2.24, 2.45) is 0 Å². The van der Waals surface area contributed by atoms with Crippen molar-refractivity contribution in [1.82, 2.24) is 0 Å². The monoisotopic (exact) mass is 337 g/mol. The fourth-order valence-electron chi connectivity index (χ4n) is 1.22. The lowest BCUT2D eigenvalue weighted by Gasteiger charge is -1.96. The molecule has 0 aliphatic heterocycles. The second-order valence-corrected chi connectivity index (χ2v) is 6.09. The topological polar surface area (TPSA) is 43.1 Å². The van der Waals surface area contributed by atoms with Gasteiger partial charge in [0.2, 0.25) is 0 Å². The number of hydrogen-bond donors (Lipinski definition) is 1. The van der Waals surface area contributed by atoms with Crippen LogP contribution in [0.15, 0.2) is 23.1 Å². The Hall–Kier alpha value is -0.340. The Morgan fingerprint density at radius 2 is 2.21 bits per heavy atom. The predicted octanol–water partition coefficient (Wildman–Crippen LogP) is 3.70. The second kappa shape index (κ2) is 3.67. The van der Waals surface area contributed by atoms with Gasteiger partial charge in [0, 0.05) is 5.39 Å². The van der Waals surface area contributed by atoms with Crippen LogP contribution in [0.5, 0.6) is 0 Å². The third-order valence-electron chi connectivity index (χ3n) is 1.79. The van der Waals surface area contributed by atoms with E-state index in [9.17, 15) is 10.1 Å². The molecular formula is C8H4INO2S2. The lowest BCUT2D eigenvalue weighted by molar-refractivity contribution is -0.385. The van der Waals surface area contributed by atoms with E-state index in [4.69, 9.17) is 0 Å². The van der Waals surface area contributed by atoms with E-state index in [-0.39, 0.29) is 10.6 Å². The van der Waals surface area contributed by atoms with Gasteiger partial charge in [0.05, 0.1) is 12.7 Å². The maximum atomic E-state index is 10.8. The van der Waals surface area contributed by atoms with E-state index < -0.39 is 0 Å². The fourth-order valence-corrected chi connectivity index (χ4v) is 3.47. The average molecular weight is 337 g/mol. The van der Waals surface area contributed by atoms with Gasteiger partial charge >= 0.3 is 0 Å². The largest absolute Gasteiger partial charge is 0.300 e. The molecule has 0 atom stereocenters. The lowest BCUT2D eigenvalue weighted by atomic mass is 10.2. The summed E-state index contributed by atoms with van der Waals surface area (Å²) in [5, 5.41) is 11.7. The summed E-state index contributed by atoms with van der Waals surface area (Å²) in [4.78, 5) is 10.8. The summed E-state index contributed by atoms with van der Waals surface area (Å²) in [7, 11) is 0. The van der Waals surface area contributed by atoms with Crippen LogP contribution in [-0.2, 0) is 0 Å². The zero-order valence-electron chi connectivity index (χ0n) is 6.73. The molecule has 0 spiro atoms. The van der Waals surface area contributed by atoms with Gasteiger partial charge in [0.1, 0.15) is 4.70 Å². The SMILES string of the molecule is O=[N+]([O-])c1c(S)ccc2cc(I)sc12. The summed E-state index contributed by atoms with van der Waals surface area (Å²) in [5.74, 6) is 0. The van der Waals surface area contributed by atoms with E-state index in [2.05, 4.69) is 35.2 Å². The van der Waals surface area contributed by atoms with Crippen molar-refractivity contribution in [2.45, 2.75) is 4.90 Å². The molecule has 0 amide bonds. The van der Waals surface area contributed by atoms with Gasteiger partial charge in [0.15, 0.2) is 0 Å². The van der Waals surface area contributed by atoms with Crippen molar-refractivity contribution in [3.63, 3.8) is 0 Å². The molecule has 0 fully saturated rings. The van der Waals surface area contributed by atoms with E-state index >= 15 is 0 Å². The Balaban J connectivity index is 2.88. The molecule has 1 aromatic carbocycles. The minimum atomic E-state index is -0.378. The first kappa shape index (κ1) is 10.2. The molecule has 72 valence electrons. The third-order valence-corrected chi connectivity index (χ3v) is 4.07. The van der Waals surface area contributed by atoms with Crippen LogP contribution in [0.25, 0.3) is 10.1 Å². The summed E-state index contributed by atoms with van der Waals surface area (Å²) < 4.78 is 1.74. The van der Waals surface area contributed by atoms with Crippen molar-refractivity contribution in [3.05, 3.63) is 31.2 Å². The summed E-state index contributed by atoms with van der Waals surface area (Å²) >= 11 is 7.66. The Morgan fingerprint density at radius 1 is 1.50 bits per heavy atom. The summed E-state index contributed by atoms with van der Waals surface area (Å²) in [6.07, 6.45) is 0. The normalized spacial score (nSPS) is 10.7. The first-order valence-corrected chi connectivity index (χ1v) is 5.99. The second-order valence-electron chi connectivity index (χ2n) is 2.66. The number of thiol groups is 1. The molecule has 2 aromatic rings. The van der Waals surface area contributed by atoms with E-state index in [1.165, 1.54) is 11.3 Å². The molecule has 0 radical (unpaired) electrons. The predicted molar refractivity (Wildman–Crippen MR) is 68.4 cm³/mol. The van der Waals surface area contributed by atoms with Gasteiger partial charge in [-0.05, 0) is 34.7 Å². The van der Waals surface area contributed by atoms with E-state index in [1.807, 2.05) is 12.1 Å². The Morgan fingerprint density at radius 3 is 2.86 bits per heavy atom. The molecular weight excluding hydrogens is 333 g/mol. The zero-order valence-corrected chi connectivity index (χ0v) is 10.6. The van der Waals surface area contributed by atoms with Crippen molar-refractivity contribution >= 4 is 62.3 Å². The van der Waals surface area contributed by atoms with E-state index in [1.54, 1.807) is 6.07 Å². The molecule has 0 saturated heterocycles. The molecule has 2 rings (SSSR count). The lowest BCUT2D eigenvalue weighted by Crippen LogP contribution is -1.89. The molecule has 0 aliphatic rings. The zero-order chi connectivity index (χ0) is 10.3. The van der Waals surface area contributed by atoms with E-state index in [0.29, 0.717) is 9.60 Å². The third kappa shape index (κ3) is 1.61. The van der Waals surface area contributed by atoms with Crippen LogP contribution in [0.4, 0.5) is 5.69 Å². The average Bonchev–Trinajstić information content (AvgIpc) is 2.43. The maximum absolute atomic E-state index is 10.8. The van der Waals surface area contributed by atoms with Crippen LogP contribution in [0.3, 0.4) is 0 Å². The number of hydrogen-bond acceptors (Lipinski definition) is 4. The number of nitro benzene ring substituents is 1. The van der Waals surface area contributed by atoms with Crippen LogP contribution in [0.1, 0.15) is 0 Å². The molecule has 3 nitrogen and oxygen atoms in total.